The minimum atomic E-state index is 0.944. The van der Waals surface area contributed by atoms with Crippen LogP contribution in [0, 0.1) is 6.92 Å². The van der Waals surface area contributed by atoms with E-state index < -0.39 is 0 Å². The maximum absolute atomic E-state index is 4.74. The average molecular weight is 375 g/mol. The molecule has 26 heavy (non-hydrogen) atoms. The minimum Gasteiger partial charge on any atom is -0.256 e. The number of thiazole rings is 1. The number of benzene rings is 3. The van der Waals surface area contributed by atoms with Crippen molar-refractivity contribution in [2.24, 2.45) is 4.99 Å². The van der Waals surface area contributed by atoms with Crippen LogP contribution in [0.1, 0.15) is 11.1 Å². The molecule has 0 aliphatic rings. The summed E-state index contributed by atoms with van der Waals surface area (Å²) in [5, 5.41) is 1.05. The van der Waals surface area contributed by atoms with E-state index in [-0.39, 0.29) is 0 Å². The zero-order valence-corrected chi connectivity index (χ0v) is 16.3. The maximum atomic E-state index is 4.74. The Kier molecular flexibility index (Phi) is 4.87. The molecule has 0 aliphatic carbocycles. The van der Waals surface area contributed by atoms with Crippen LogP contribution in [-0.2, 0) is 0 Å². The van der Waals surface area contributed by atoms with E-state index in [1.54, 1.807) is 23.1 Å². The van der Waals surface area contributed by atoms with Gasteiger partial charge in [-0.1, -0.05) is 18.2 Å². The van der Waals surface area contributed by atoms with E-state index in [1.165, 1.54) is 15.2 Å². The lowest BCUT2D eigenvalue weighted by atomic mass is 10.2. The van der Waals surface area contributed by atoms with E-state index in [0.717, 1.165) is 27.3 Å². The molecule has 0 atom stereocenters. The second-order valence-corrected chi connectivity index (χ2v) is 7.98. The summed E-state index contributed by atoms with van der Waals surface area (Å²) in [4.78, 5) is 10.6. The molecule has 4 aromatic rings. The normalized spacial score (nSPS) is 11.5. The van der Waals surface area contributed by atoms with Crippen molar-refractivity contribution in [3.8, 4) is 10.6 Å². The second kappa shape index (κ2) is 7.44. The minimum absolute atomic E-state index is 0.944. The molecule has 0 fully saturated rings. The molecule has 0 radical (unpaired) electrons. The number of hydrogen-bond acceptors (Lipinski definition) is 4. The summed E-state index contributed by atoms with van der Waals surface area (Å²) in [6.07, 6.45) is 3.98. The monoisotopic (exact) mass is 374 g/mol. The lowest BCUT2D eigenvalue weighted by molar-refractivity contribution is 1.44. The Morgan fingerprint density at radius 2 is 1.73 bits per heavy atom. The van der Waals surface area contributed by atoms with Crippen LogP contribution in [0.4, 0.5) is 5.69 Å². The Morgan fingerprint density at radius 3 is 2.46 bits per heavy atom. The topological polar surface area (TPSA) is 25.2 Å². The van der Waals surface area contributed by atoms with E-state index in [4.69, 9.17) is 4.98 Å². The first-order chi connectivity index (χ1) is 12.7. The third-order valence-corrected chi connectivity index (χ3v) is 5.95. The molecule has 0 unspecified atom stereocenters. The van der Waals surface area contributed by atoms with Crippen LogP contribution < -0.4 is 0 Å². The number of aromatic nitrogens is 1. The van der Waals surface area contributed by atoms with Crippen LogP contribution in [0.3, 0.4) is 0 Å². The highest BCUT2D eigenvalue weighted by Crippen LogP contribution is 2.31. The fourth-order valence-corrected chi connectivity index (χ4v) is 4.16. The van der Waals surface area contributed by atoms with Crippen LogP contribution >= 0.6 is 23.1 Å². The summed E-state index contributed by atoms with van der Waals surface area (Å²) in [6, 6.07) is 23.1. The molecule has 0 bridgehead atoms. The largest absolute Gasteiger partial charge is 0.256 e. The third-order valence-electron chi connectivity index (χ3n) is 4.14. The average Bonchev–Trinajstić information content (AvgIpc) is 3.10. The van der Waals surface area contributed by atoms with E-state index in [0.29, 0.717) is 0 Å². The Balaban J connectivity index is 1.54. The van der Waals surface area contributed by atoms with Crippen molar-refractivity contribution in [1.29, 1.82) is 0 Å². The van der Waals surface area contributed by atoms with Crippen molar-refractivity contribution in [2.75, 3.05) is 6.26 Å². The molecule has 0 aliphatic heterocycles. The smallest absolute Gasteiger partial charge is 0.124 e. The Morgan fingerprint density at radius 1 is 0.962 bits per heavy atom. The maximum Gasteiger partial charge on any atom is 0.124 e. The summed E-state index contributed by atoms with van der Waals surface area (Å²) in [5.41, 5.74) is 5.51. The summed E-state index contributed by atoms with van der Waals surface area (Å²) >= 11 is 3.48. The number of thioether (sulfide) groups is 1. The fraction of sp³-hybridized carbons (Fsp3) is 0.0909. The van der Waals surface area contributed by atoms with Gasteiger partial charge in [-0.2, -0.15) is 0 Å². The van der Waals surface area contributed by atoms with Gasteiger partial charge < -0.3 is 0 Å². The molecule has 0 saturated carbocycles. The lowest BCUT2D eigenvalue weighted by Crippen LogP contribution is -1.80. The zero-order valence-electron chi connectivity index (χ0n) is 14.6. The van der Waals surface area contributed by atoms with Gasteiger partial charge in [0, 0.05) is 16.7 Å². The fourth-order valence-electron chi connectivity index (χ4n) is 2.68. The molecule has 0 N–H and O–H groups in total. The van der Waals surface area contributed by atoms with Gasteiger partial charge in [-0.3, -0.25) is 4.99 Å². The molecule has 1 heterocycles. The second-order valence-electron chi connectivity index (χ2n) is 6.07. The number of fused-ring (bicyclic) bond motifs is 1. The SMILES string of the molecule is CSc1ccc(C=Nc2ccc(-c3nc4ccc(C)cc4s3)cc2)cc1. The van der Waals surface area contributed by atoms with Crippen LogP contribution in [-0.4, -0.2) is 17.5 Å². The quantitative estimate of drug-likeness (QED) is 0.292. The van der Waals surface area contributed by atoms with Gasteiger partial charge in [0.25, 0.3) is 0 Å². The summed E-state index contributed by atoms with van der Waals surface area (Å²) in [6.45, 7) is 2.11. The van der Waals surface area contributed by atoms with E-state index in [9.17, 15) is 0 Å². The van der Waals surface area contributed by atoms with Gasteiger partial charge in [0.2, 0.25) is 0 Å². The summed E-state index contributed by atoms with van der Waals surface area (Å²) in [7, 11) is 0. The van der Waals surface area contributed by atoms with Crippen molar-refractivity contribution in [2.45, 2.75) is 11.8 Å². The molecule has 4 rings (SSSR count). The first kappa shape index (κ1) is 17.0. The van der Waals surface area contributed by atoms with Crippen molar-refractivity contribution in [3.63, 3.8) is 0 Å². The number of hydrogen-bond donors (Lipinski definition) is 0. The molecule has 2 nitrogen and oxygen atoms in total. The highest BCUT2D eigenvalue weighted by Gasteiger charge is 2.06. The van der Waals surface area contributed by atoms with Gasteiger partial charge in [0.15, 0.2) is 0 Å². The van der Waals surface area contributed by atoms with Crippen molar-refractivity contribution >= 4 is 45.2 Å². The highest BCUT2D eigenvalue weighted by molar-refractivity contribution is 7.98. The van der Waals surface area contributed by atoms with Crippen LogP contribution in [0.2, 0.25) is 0 Å². The molecule has 0 saturated heterocycles. The predicted molar refractivity (Wildman–Crippen MR) is 115 cm³/mol. The zero-order chi connectivity index (χ0) is 17.9. The van der Waals surface area contributed by atoms with E-state index in [2.05, 4.69) is 72.8 Å². The van der Waals surface area contributed by atoms with Crippen LogP contribution in [0.15, 0.2) is 76.6 Å². The van der Waals surface area contributed by atoms with Gasteiger partial charge >= 0.3 is 0 Å². The number of aliphatic imine (C=N–C) groups is 1. The molecule has 128 valence electrons. The summed E-state index contributed by atoms with van der Waals surface area (Å²) < 4.78 is 1.23. The van der Waals surface area contributed by atoms with Gasteiger partial charge in [0.1, 0.15) is 5.01 Å². The summed E-state index contributed by atoms with van der Waals surface area (Å²) in [5.74, 6) is 0. The first-order valence-corrected chi connectivity index (χ1v) is 10.4. The van der Waals surface area contributed by atoms with Crippen molar-refractivity contribution in [3.05, 3.63) is 77.9 Å². The van der Waals surface area contributed by atoms with Gasteiger partial charge in [-0.15, -0.1) is 23.1 Å². The molecule has 3 aromatic carbocycles. The molecule has 0 spiro atoms. The number of rotatable bonds is 4. The molecular weight excluding hydrogens is 356 g/mol. The Bertz CT molecular complexity index is 1060. The Hall–Kier alpha value is -2.43. The standard InChI is InChI=1S/C22H18N2S2/c1-15-3-12-20-21(13-15)26-22(24-20)17-6-8-18(9-7-17)23-14-16-4-10-19(25-2)11-5-16/h3-14H,1-2H3. The number of aryl methyl sites for hydroxylation is 1. The predicted octanol–water partition coefficient (Wildman–Crippen LogP) is 6.74. The van der Waals surface area contributed by atoms with E-state index >= 15 is 0 Å². The molecule has 4 heteroatoms. The van der Waals surface area contributed by atoms with Crippen LogP contribution in [0.5, 0.6) is 0 Å². The molecular formula is C22H18N2S2. The van der Waals surface area contributed by atoms with Gasteiger partial charge in [0.05, 0.1) is 15.9 Å². The van der Waals surface area contributed by atoms with Crippen molar-refractivity contribution < 1.29 is 0 Å². The Labute approximate surface area is 161 Å². The third kappa shape index (κ3) is 3.71. The van der Waals surface area contributed by atoms with Crippen molar-refractivity contribution in [1.82, 2.24) is 4.98 Å². The number of nitrogens with zero attached hydrogens (tertiary/aromatic N) is 2. The van der Waals surface area contributed by atoms with Gasteiger partial charge in [-0.05, 0) is 72.8 Å². The molecule has 1 aromatic heterocycles. The van der Waals surface area contributed by atoms with Crippen LogP contribution in [0.25, 0.3) is 20.8 Å². The van der Waals surface area contributed by atoms with Gasteiger partial charge in [-0.25, -0.2) is 4.98 Å². The first-order valence-electron chi connectivity index (χ1n) is 8.37. The molecule has 0 amide bonds. The van der Waals surface area contributed by atoms with E-state index in [1.807, 2.05) is 18.3 Å². The lowest BCUT2D eigenvalue weighted by Gasteiger charge is -1.99. The highest BCUT2D eigenvalue weighted by atomic mass is 32.2.